The minimum atomic E-state index is -0.819. The van der Waals surface area contributed by atoms with Crippen LogP contribution in [0.5, 0.6) is 5.75 Å². The van der Waals surface area contributed by atoms with Crippen LogP contribution in [0.2, 0.25) is 0 Å². The molecule has 1 aromatic heterocycles. The average Bonchev–Trinajstić information content (AvgIpc) is 3.05. The summed E-state index contributed by atoms with van der Waals surface area (Å²) in [4.78, 5) is 28.8. The van der Waals surface area contributed by atoms with Crippen molar-refractivity contribution in [1.82, 2.24) is 14.8 Å². The number of carbonyl (C=O) groups excluding carboxylic acids is 1. The van der Waals surface area contributed by atoms with Crippen LogP contribution in [0.3, 0.4) is 0 Å². The molecule has 3 heterocycles. The van der Waals surface area contributed by atoms with Gasteiger partial charge in [0.1, 0.15) is 11.6 Å². The normalized spacial score (nSPS) is 21.9. The van der Waals surface area contributed by atoms with Gasteiger partial charge in [-0.05, 0) is 31.2 Å². The Morgan fingerprint density at radius 1 is 1.16 bits per heavy atom. The highest BCUT2D eigenvalue weighted by Gasteiger charge is 2.45. The van der Waals surface area contributed by atoms with Gasteiger partial charge in [0.2, 0.25) is 0 Å². The molecule has 0 spiro atoms. The van der Waals surface area contributed by atoms with Gasteiger partial charge in [0.15, 0.2) is 5.54 Å². The number of pyridine rings is 1. The number of piperazine rings is 1. The second kappa shape index (κ2) is 8.89. The first-order chi connectivity index (χ1) is 15.1. The summed E-state index contributed by atoms with van der Waals surface area (Å²) in [6.07, 6.45) is 5.21. The molecule has 7 heteroatoms. The summed E-state index contributed by atoms with van der Waals surface area (Å²) in [5.74, 6) is 1.58. The molecule has 2 aliphatic rings. The standard InChI is InChI=1S/C24H29N5O2/c1-4-12-29-22(19-8-7-11-25-17-19)26-24(2,23(29)30)18-27-13-15-28(16-14-27)20-9-5-6-10-21(20)31-3/h4-11,17H,1,12-16,18H2,2-3H3. The predicted octanol–water partition coefficient (Wildman–Crippen LogP) is 2.45. The summed E-state index contributed by atoms with van der Waals surface area (Å²) in [5.41, 5.74) is 1.14. The van der Waals surface area contributed by atoms with Gasteiger partial charge in [0.05, 0.1) is 12.8 Å². The fourth-order valence-corrected chi connectivity index (χ4v) is 4.32. The average molecular weight is 420 g/mol. The first kappa shape index (κ1) is 21.1. The third kappa shape index (κ3) is 4.18. The van der Waals surface area contributed by atoms with Crippen molar-refractivity contribution >= 4 is 17.4 Å². The van der Waals surface area contributed by atoms with Crippen LogP contribution in [0.25, 0.3) is 0 Å². The Kier molecular flexibility index (Phi) is 6.04. The fraction of sp³-hybridized carbons (Fsp3) is 0.375. The molecule has 0 saturated carbocycles. The Balaban J connectivity index is 1.48. The van der Waals surface area contributed by atoms with Crippen molar-refractivity contribution in [2.45, 2.75) is 12.5 Å². The van der Waals surface area contributed by atoms with E-state index >= 15 is 0 Å². The zero-order valence-corrected chi connectivity index (χ0v) is 18.2. The molecule has 0 aliphatic carbocycles. The van der Waals surface area contributed by atoms with Gasteiger partial charge in [-0.3, -0.25) is 19.6 Å². The van der Waals surface area contributed by atoms with Crippen LogP contribution < -0.4 is 9.64 Å². The van der Waals surface area contributed by atoms with E-state index in [1.165, 1.54) is 0 Å². The molecule has 7 nitrogen and oxygen atoms in total. The Bertz CT molecular complexity index is 969. The molecule has 162 valence electrons. The lowest BCUT2D eigenvalue weighted by molar-refractivity contribution is -0.130. The molecular formula is C24H29N5O2. The third-order valence-electron chi connectivity index (χ3n) is 5.88. The number of rotatable bonds is 7. The van der Waals surface area contributed by atoms with Gasteiger partial charge < -0.3 is 9.64 Å². The van der Waals surface area contributed by atoms with Crippen molar-refractivity contribution < 1.29 is 9.53 Å². The van der Waals surface area contributed by atoms with E-state index in [0.29, 0.717) is 18.9 Å². The molecule has 1 amide bonds. The second-order valence-corrected chi connectivity index (χ2v) is 8.09. The Labute approximate surface area is 183 Å². The van der Waals surface area contributed by atoms with Crippen LogP contribution in [-0.4, -0.2) is 78.4 Å². The summed E-state index contributed by atoms with van der Waals surface area (Å²) < 4.78 is 5.52. The summed E-state index contributed by atoms with van der Waals surface area (Å²) in [6.45, 7) is 10.2. The maximum atomic E-state index is 13.3. The van der Waals surface area contributed by atoms with Crippen molar-refractivity contribution in [2.75, 3.05) is 51.3 Å². The fourth-order valence-electron chi connectivity index (χ4n) is 4.32. The van der Waals surface area contributed by atoms with Gasteiger partial charge >= 0.3 is 0 Å². The summed E-state index contributed by atoms with van der Waals surface area (Å²) in [6, 6.07) is 11.9. The van der Waals surface area contributed by atoms with Crippen molar-refractivity contribution in [3.8, 4) is 5.75 Å². The van der Waals surface area contributed by atoms with E-state index in [2.05, 4.69) is 27.4 Å². The quantitative estimate of drug-likeness (QED) is 0.645. The number of nitrogens with zero attached hydrogens (tertiary/aromatic N) is 5. The van der Waals surface area contributed by atoms with Crippen molar-refractivity contribution in [3.05, 3.63) is 67.0 Å². The Morgan fingerprint density at radius 3 is 2.61 bits per heavy atom. The van der Waals surface area contributed by atoms with Crippen molar-refractivity contribution in [2.24, 2.45) is 4.99 Å². The van der Waals surface area contributed by atoms with Gasteiger partial charge in [0.25, 0.3) is 5.91 Å². The molecule has 1 saturated heterocycles. The van der Waals surface area contributed by atoms with E-state index < -0.39 is 5.54 Å². The Hall–Kier alpha value is -3.19. The minimum Gasteiger partial charge on any atom is -0.495 e. The lowest BCUT2D eigenvalue weighted by atomic mass is 10.0. The van der Waals surface area contributed by atoms with Crippen molar-refractivity contribution in [3.63, 3.8) is 0 Å². The SMILES string of the molecule is C=CCN1C(=O)C(C)(CN2CCN(c3ccccc3OC)CC2)N=C1c1cccnc1. The summed E-state index contributed by atoms with van der Waals surface area (Å²) in [5, 5.41) is 0. The molecular weight excluding hydrogens is 390 g/mol. The van der Waals surface area contributed by atoms with Gasteiger partial charge in [-0.25, -0.2) is 4.99 Å². The highest BCUT2D eigenvalue weighted by molar-refractivity contribution is 6.15. The molecule has 0 bridgehead atoms. The number of aromatic nitrogens is 1. The molecule has 4 rings (SSSR count). The number of anilines is 1. The molecule has 1 atom stereocenters. The zero-order chi connectivity index (χ0) is 21.8. The van der Waals surface area contributed by atoms with Crippen LogP contribution >= 0.6 is 0 Å². The number of amides is 1. The smallest absolute Gasteiger partial charge is 0.257 e. The number of ether oxygens (including phenoxy) is 1. The molecule has 2 aliphatic heterocycles. The highest BCUT2D eigenvalue weighted by Crippen LogP contribution is 2.30. The van der Waals surface area contributed by atoms with Crippen LogP contribution in [-0.2, 0) is 4.79 Å². The van der Waals surface area contributed by atoms with Crippen LogP contribution in [0, 0.1) is 0 Å². The number of methoxy groups -OCH3 is 1. The second-order valence-electron chi connectivity index (χ2n) is 8.09. The number of amidine groups is 1. The topological polar surface area (TPSA) is 61.3 Å². The Morgan fingerprint density at radius 2 is 1.94 bits per heavy atom. The first-order valence-corrected chi connectivity index (χ1v) is 10.6. The maximum absolute atomic E-state index is 13.3. The molecule has 1 aromatic carbocycles. The number of benzene rings is 1. The lowest BCUT2D eigenvalue weighted by Crippen LogP contribution is -2.53. The molecule has 31 heavy (non-hydrogen) atoms. The van der Waals surface area contributed by atoms with E-state index in [0.717, 1.165) is 43.2 Å². The predicted molar refractivity (Wildman–Crippen MR) is 123 cm³/mol. The third-order valence-corrected chi connectivity index (χ3v) is 5.88. The highest BCUT2D eigenvalue weighted by atomic mass is 16.5. The first-order valence-electron chi connectivity index (χ1n) is 10.6. The zero-order valence-electron chi connectivity index (χ0n) is 18.2. The van der Waals surface area contributed by atoms with Crippen LogP contribution in [0.15, 0.2) is 66.4 Å². The van der Waals surface area contributed by atoms with Crippen LogP contribution in [0.1, 0.15) is 12.5 Å². The molecule has 0 N–H and O–H groups in total. The largest absolute Gasteiger partial charge is 0.495 e. The molecule has 2 aromatic rings. The molecule has 1 fully saturated rings. The molecule has 0 radical (unpaired) electrons. The number of carbonyl (C=O) groups is 1. The van der Waals surface area contributed by atoms with E-state index in [1.807, 2.05) is 37.3 Å². The number of para-hydroxylation sites is 2. The van der Waals surface area contributed by atoms with E-state index in [4.69, 9.17) is 9.73 Å². The van der Waals surface area contributed by atoms with Gasteiger partial charge in [-0.15, -0.1) is 6.58 Å². The maximum Gasteiger partial charge on any atom is 0.257 e. The van der Waals surface area contributed by atoms with Gasteiger partial charge in [0, 0.05) is 57.2 Å². The monoisotopic (exact) mass is 419 g/mol. The van der Waals surface area contributed by atoms with Gasteiger partial charge in [-0.1, -0.05) is 18.2 Å². The number of aliphatic imine (C=N–C) groups is 1. The van der Waals surface area contributed by atoms with E-state index in [1.54, 1.807) is 30.5 Å². The number of hydrogen-bond donors (Lipinski definition) is 0. The summed E-state index contributed by atoms with van der Waals surface area (Å²) in [7, 11) is 1.70. The molecule has 1 unspecified atom stereocenters. The minimum absolute atomic E-state index is 0.0124. The number of hydrogen-bond acceptors (Lipinski definition) is 6. The van der Waals surface area contributed by atoms with Gasteiger partial charge in [-0.2, -0.15) is 0 Å². The van der Waals surface area contributed by atoms with E-state index in [-0.39, 0.29) is 5.91 Å². The summed E-state index contributed by atoms with van der Waals surface area (Å²) >= 11 is 0. The van der Waals surface area contributed by atoms with Crippen LogP contribution in [0.4, 0.5) is 5.69 Å². The van der Waals surface area contributed by atoms with Crippen molar-refractivity contribution in [1.29, 1.82) is 0 Å². The van der Waals surface area contributed by atoms with E-state index in [9.17, 15) is 4.79 Å². The lowest BCUT2D eigenvalue weighted by Gasteiger charge is -2.38.